The zero-order valence-corrected chi connectivity index (χ0v) is 14.1. The zero-order valence-electron chi connectivity index (χ0n) is 14.1. The Balaban J connectivity index is 1.33. The maximum absolute atomic E-state index is 12.9. The predicted molar refractivity (Wildman–Crippen MR) is 92.3 cm³/mol. The summed E-state index contributed by atoms with van der Waals surface area (Å²) in [5.74, 6) is 1.32. The molecular formula is C20H23FN2O2. The number of hydrazine groups is 1. The summed E-state index contributed by atoms with van der Waals surface area (Å²) in [6.45, 7) is 0. The molecule has 2 N–H and O–H groups in total. The molecule has 0 saturated heterocycles. The second-order valence-electron chi connectivity index (χ2n) is 8.03. The van der Waals surface area contributed by atoms with E-state index in [1.165, 1.54) is 37.5 Å². The number of carbonyl (C=O) groups excluding carboxylic acids is 2. The Bertz CT molecular complexity index is 676. The maximum atomic E-state index is 12.9. The normalized spacial score (nSPS) is 32.8. The molecule has 0 atom stereocenters. The summed E-state index contributed by atoms with van der Waals surface area (Å²) in [6.07, 6.45) is 9.65. The van der Waals surface area contributed by atoms with Crippen molar-refractivity contribution in [1.82, 2.24) is 10.9 Å². The van der Waals surface area contributed by atoms with Crippen molar-refractivity contribution in [2.24, 2.45) is 23.2 Å². The van der Waals surface area contributed by atoms with Crippen LogP contribution in [-0.2, 0) is 9.59 Å². The first-order valence-corrected chi connectivity index (χ1v) is 9.06. The second kappa shape index (κ2) is 6.28. The monoisotopic (exact) mass is 342 g/mol. The van der Waals surface area contributed by atoms with Crippen molar-refractivity contribution < 1.29 is 14.0 Å². The Labute approximate surface area is 146 Å². The molecule has 4 aliphatic carbocycles. The molecule has 0 aromatic heterocycles. The van der Waals surface area contributed by atoms with Gasteiger partial charge in [0.2, 0.25) is 5.91 Å². The highest BCUT2D eigenvalue weighted by molar-refractivity contribution is 5.93. The Morgan fingerprint density at radius 2 is 1.52 bits per heavy atom. The maximum Gasteiger partial charge on any atom is 0.262 e. The molecule has 2 amide bonds. The van der Waals surface area contributed by atoms with E-state index < -0.39 is 0 Å². The van der Waals surface area contributed by atoms with Crippen molar-refractivity contribution in [3.05, 3.63) is 41.7 Å². The highest BCUT2D eigenvalue weighted by Gasteiger charge is 2.54. The molecular weight excluding hydrogens is 319 g/mol. The van der Waals surface area contributed by atoms with Gasteiger partial charge in [-0.3, -0.25) is 20.4 Å². The minimum atomic E-state index is -0.387. The summed E-state index contributed by atoms with van der Waals surface area (Å²) < 4.78 is 12.9. The molecule has 0 heterocycles. The summed E-state index contributed by atoms with van der Waals surface area (Å²) in [5.41, 5.74) is 5.58. The molecule has 1 aromatic carbocycles. The Hall–Kier alpha value is -2.17. The second-order valence-corrected chi connectivity index (χ2v) is 8.03. The minimum absolute atomic E-state index is 0.0323. The Morgan fingerprint density at radius 1 is 0.960 bits per heavy atom. The van der Waals surface area contributed by atoms with Gasteiger partial charge in [0, 0.05) is 6.08 Å². The van der Waals surface area contributed by atoms with Crippen LogP contribution in [0.15, 0.2) is 30.3 Å². The molecule has 5 heteroatoms. The van der Waals surface area contributed by atoms with E-state index in [4.69, 9.17) is 0 Å². The average Bonchev–Trinajstić information content (AvgIpc) is 2.58. The summed E-state index contributed by atoms with van der Waals surface area (Å²) in [5, 5.41) is 0. The SMILES string of the molecule is O=C(/C=C/c1ccc(F)cc1)NNC(=O)C12CC3CC(CC(C3)C1)C2. The van der Waals surface area contributed by atoms with Crippen molar-refractivity contribution in [3.8, 4) is 0 Å². The van der Waals surface area contributed by atoms with Crippen LogP contribution in [0, 0.1) is 29.0 Å². The van der Waals surface area contributed by atoms with Gasteiger partial charge in [0.25, 0.3) is 5.91 Å². The number of carbonyl (C=O) groups is 2. The number of hydrogen-bond acceptors (Lipinski definition) is 2. The predicted octanol–water partition coefficient (Wildman–Crippen LogP) is 3.20. The van der Waals surface area contributed by atoms with Gasteiger partial charge in [0.05, 0.1) is 5.41 Å². The molecule has 4 saturated carbocycles. The van der Waals surface area contributed by atoms with Crippen LogP contribution in [0.1, 0.15) is 44.1 Å². The number of benzene rings is 1. The van der Waals surface area contributed by atoms with E-state index in [2.05, 4.69) is 10.9 Å². The number of halogens is 1. The van der Waals surface area contributed by atoms with Crippen LogP contribution >= 0.6 is 0 Å². The molecule has 4 fully saturated rings. The van der Waals surface area contributed by atoms with Crippen LogP contribution in [0.3, 0.4) is 0 Å². The molecule has 25 heavy (non-hydrogen) atoms. The van der Waals surface area contributed by atoms with Gasteiger partial charge >= 0.3 is 0 Å². The van der Waals surface area contributed by atoms with E-state index in [1.807, 2.05) is 0 Å². The van der Waals surface area contributed by atoms with Gasteiger partial charge in [0.15, 0.2) is 0 Å². The topological polar surface area (TPSA) is 58.2 Å². The summed E-state index contributed by atoms with van der Waals surface area (Å²) in [4.78, 5) is 24.6. The van der Waals surface area contributed by atoms with Crippen molar-refractivity contribution in [2.45, 2.75) is 38.5 Å². The number of amides is 2. The van der Waals surface area contributed by atoms with Gasteiger partial charge in [-0.1, -0.05) is 12.1 Å². The van der Waals surface area contributed by atoms with Crippen LogP contribution in [0.5, 0.6) is 0 Å². The first kappa shape index (κ1) is 16.3. The molecule has 1 aromatic rings. The van der Waals surface area contributed by atoms with E-state index >= 15 is 0 Å². The van der Waals surface area contributed by atoms with E-state index in [0.29, 0.717) is 17.8 Å². The lowest BCUT2D eigenvalue weighted by atomic mass is 9.49. The van der Waals surface area contributed by atoms with E-state index in [1.54, 1.807) is 18.2 Å². The zero-order chi connectivity index (χ0) is 17.4. The van der Waals surface area contributed by atoms with E-state index in [0.717, 1.165) is 24.8 Å². The van der Waals surface area contributed by atoms with Gasteiger partial charge in [-0.2, -0.15) is 0 Å². The molecule has 4 bridgehead atoms. The van der Waals surface area contributed by atoms with Gasteiger partial charge in [-0.25, -0.2) is 4.39 Å². The summed E-state index contributed by atoms with van der Waals surface area (Å²) >= 11 is 0. The van der Waals surface area contributed by atoms with Crippen molar-refractivity contribution >= 4 is 17.9 Å². The number of rotatable bonds is 3. The number of hydrogen-bond donors (Lipinski definition) is 2. The third-order valence-corrected chi connectivity index (χ3v) is 6.12. The van der Waals surface area contributed by atoms with Crippen LogP contribution in [-0.4, -0.2) is 11.8 Å². The van der Waals surface area contributed by atoms with Crippen molar-refractivity contribution in [1.29, 1.82) is 0 Å². The van der Waals surface area contributed by atoms with E-state index in [9.17, 15) is 14.0 Å². The lowest BCUT2D eigenvalue weighted by Gasteiger charge is -2.55. The van der Waals surface area contributed by atoms with Crippen LogP contribution in [0.4, 0.5) is 4.39 Å². The molecule has 0 aliphatic heterocycles. The summed E-state index contributed by atoms with van der Waals surface area (Å²) in [6, 6.07) is 5.86. The fourth-order valence-electron chi connectivity index (χ4n) is 5.43. The fourth-order valence-corrected chi connectivity index (χ4v) is 5.43. The van der Waals surface area contributed by atoms with Crippen LogP contribution in [0.2, 0.25) is 0 Å². The molecule has 5 rings (SSSR count). The Kier molecular flexibility index (Phi) is 4.10. The third kappa shape index (κ3) is 3.32. The Morgan fingerprint density at radius 3 is 2.08 bits per heavy atom. The molecule has 4 aliphatic rings. The molecule has 0 unspecified atom stereocenters. The lowest BCUT2D eigenvalue weighted by Crippen LogP contribution is -2.56. The smallest absolute Gasteiger partial charge is 0.262 e. The standard InChI is InChI=1S/C20H23FN2O2/c21-17-4-1-13(2-5-17)3-6-18(24)22-23-19(25)20-10-14-7-15(11-20)9-16(8-14)12-20/h1-6,14-16H,7-12H2,(H,22,24)(H,23,25)/b6-3+. The fraction of sp³-hybridized carbons (Fsp3) is 0.500. The van der Waals surface area contributed by atoms with Crippen LogP contribution in [0.25, 0.3) is 6.08 Å². The third-order valence-electron chi connectivity index (χ3n) is 6.12. The minimum Gasteiger partial charge on any atom is -0.273 e. The highest BCUT2D eigenvalue weighted by atomic mass is 19.1. The first-order chi connectivity index (χ1) is 12.0. The van der Waals surface area contributed by atoms with Gasteiger partial charge in [-0.05, 0) is 80.1 Å². The highest BCUT2D eigenvalue weighted by Crippen LogP contribution is 2.59. The molecule has 132 valence electrons. The largest absolute Gasteiger partial charge is 0.273 e. The quantitative estimate of drug-likeness (QED) is 0.655. The molecule has 0 spiro atoms. The summed E-state index contributed by atoms with van der Waals surface area (Å²) in [7, 11) is 0. The molecule has 0 radical (unpaired) electrons. The van der Waals surface area contributed by atoms with Gasteiger partial charge in [-0.15, -0.1) is 0 Å². The van der Waals surface area contributed by atoms with Gasteiger partial charge in [0.1, 0.15) is 5.82 Å². The lowest BCUT2D eigenvalue weighted by molar-refractivity contribution is -0.148. The van der Waals surface area contributed by atoms with Crippen LogP contribution < -0.4 is 10.9 Å². The van der Waals surface area contributed by atoms with Crippen molar-refractivity contribution in [2.75, 3.05) is 0 Å². The first-order valence-electron chi connectivity index (χ1n) is 9.06. The van der Waals surface area contributed by atoms with E-state index in [-0.39, 0.29) is 23.0 Å². The van der Waals surface area contributed by atoms with Gasteiger partial charge < -0.3 is 0 Å². The average molecular weight is 342 g/mol. The number of nitrogens with one attached hydrogen (secondary N) is 2. The molecule has 4 nitrogen and oxygen atoms in total. The van der Waals surface area contributed by atoms with Crippen molar-refractivity contribution in [3.63, 3.8) is 0 Å².